The summed E-state index contributed by atoms with van der Waals surface area (Å²) in [6.07, 6.45) is -0.551. The first-order chi connectivity index (χ1) is 10.1. The van der Waals surface area contributed by atoms with E-state index in [0.29, 0.717) is 17.9 Å². The van der Waals surface area contributed by atoms with Crippen LogP contribution in [0.1, 0.15) is 24.2 Å². The molecule has 0 saturated heterocycles. The summed E-state index contributed by atoms with van der Waals surface area (Å²) in [7, 11) is 1.29. The lowest BCUT2D eigenvalue weighted by molar-refractivity contribution is 0.0466. The van der Waals surface area contributed by atoms with Gasteiger partial charge in [0.1, 0.15) is 6.61 Å². The Balaban J connectivity index is 0.00000441. The zero-order valence-corrected chi connectivity index (χ0v) is 13.9. The van der Waals surface area contributed by atoms with Crippen molar-refractivity contribution in [2.75, 3.05) is 38.7 Å². The second-order valence-corrected chi connectivity index (χ2v) is 4.36. The van der Waals surface area contributed by atoms with Crippen LogP contribution in [0.4, 0.5) is 10.5 Å². The molecule has 1 rings (SSSR count). The van der Waals surface area contributed by atoms with Crippen molar-refractivity contribution in [3.8, 4) is 0 Å². The molecule has 7 heteroatoms. The maximum absolute atomic E-state index is 11.8. The minimum Gasteiger partial charge on any atom is -0.461 e. The zero-order chi connectivity index (χ0) is 15.7. The van der Waals surface area contributed by atoms with Gasteiger partial charge in [0.15, 0.2) is 0 Å². The van der Waals surface area contributed by atoms with E-state index >= 15 is 0 Å². The highest BCUT2D eigenvalue weighted by Gasteiger charge is 2.08. The van der Waals surface area contributed by atoms with Gasteiger partial charge in [0, 0.05) is 12.2 Å². The van der Waals surface area contributed by atoms with Crippen LogP contribution in [0.25, 0.3) is 0 Å². The number of benzene rings is 1. The smallest absolute Gasteiger partial charge is 0.411 e. The Hall–Kier alpha value is -1.79. The highest BCUT2D eigenvalue weighted by Crippen LogP contribution is 2.10. The third-order valence-electron chi connectivity index (χ3n) is 3.09. The summed E-state index contributed by atoms with van der Waals surface area (Å²) in [6, 6.07) is 6.45. The first-order valence-electron chi connectivity index (χ1n) is 6.95. The fraction of sp³-hybridized carbons (Fsp3) is 0.467. The van der Waals surface area contributed by atoms with E-state index < -0.39 is 6.09 Å². The molecule has 0 aliphatic carbocycles. The molecule has 0 radical (unpaired) electrons. The lowest BCUT2D eigenvalue weighted by atomic mass is 10.2. The zero-order valence-electron chi connectivity index (χ0n) is 13.1. The van der Waals surface area contributed by atoms with Gasteiger partial charge in [-0.25, -0.2) is 9.59 Å². The molecular weight excluding hydrogens is 308 g/mol. The second-order valence-electron chi connectivity index (χ2n) is 4.36. The molecule has 0 atom stereocenters. The number of anilines is 1. The number of methoxy groups -OCH3 is 1. The summed E-state index contributed by atoms with van der Waals surface area (Å²) >= 11 is 0. The molecule has 0 fully saturated rings. The molecule has 0 aliphatic rings. The SMILES string of the molecule is CCN(CC)CCOC(=O)c1ccc(NC(=O)OC)cc1.Cl. The van der Waals surface area contributed by atoms with Crippen LogP contribution >= 0.6 is 12.4 Å². The number of hydrogen-bond donors (Lipinski definition) is 1. The van der Waals surface area contributed by atoms with Crippen LogP contribution in [-0.4, -0.2) is 50.3 Å². The van der Waals surface area contributed by atoms with Crippen molar-refractivity contribution in [2.45, 2.75) is 13.8 Å². The van der Waals surface area contributed by atoms with E-state index in [0.717, 1.165) is 19.6 Å². The average molecular weight is 331 g/mol. The van der Waals surface area contributed by atoms with Gasteiger partial charge in [-0.2, -0.15) is 0 Å². The molecule has 0 bridgehead atoms. The van der Waals surface area contributed by atoms with Crippen molar-refractivity contribution in [1.82, 2.24) is 4.90 Å². The molecule has 0 heterocycles. The third kappa shape index (κ3) is 6.78. The van der Waals surface area contributed by atoms with Gasteiger partial charge in [-0.1, -0.05) is 13.8 Å². The largest absolute Gasteiger partial charge is 0.461 e. The number of halogens is 1. The Morgan fingerprint density at radius 3 is 2.23 bits per heavy atom. The van der Waals surface area contributed by atoms with Gasteiger partial charge >= 0.3 is 12.1 Å². The number of ether oxygens (including phenoxy) is 2. The van der Waals surface area contributed by atoms with Crippen molar-refractivity contribution in [3.63, 3.8) is 0 Å². The van der Waals surface area contributed by atoms with Crippen molar-refractivity contribution in [1.29, 1.82) is 0 Å². The maximum Gasteiger partial charge on any atom is 0.411 e. The minimum atomic E-state index is -0.551. The van der Waals surface area contributed by atoms with Gasteiger partial charge in [-0.3, -0.25) is 5.32 Å². The Bertz CT molecular complexity index is 461. The van der Waals surface area contributed by atoms with Crippen LogP contribution in [0.15, 0.2) is 24.3 Å². The molecular formula is C15H23ClN2O4. The summed E-state index contributed by atoms with van der Waals surface area (Å²) in [5, 5.41) is 2.51. The lowest BCUT2D eigenvalue weighted by Gasteiger charge is -2.17. The number of nitrogens with zero attached hydrogens (tertiary/aromatic N) is 1. The minimum absolute atomic E-state index is 0. The van der Waals surface area contributed by atoms with Crippen LogP contribution in [0.3, 0.4) is 0 Å². The summed E-state index contributed by atoms with van der Waals surface area (Å²) in [4.78, 5) is 25.0. The lowest BCUT2D eigenvalue weighted by Crippen LogP contribution is -2.27. The van der Waals surface area contributed by atoms with E-state index in [4.69, 9.17) is 4.74 Å². The molecule has 0 saturated carbocycles. The number of esters is 1. The van der Waals surface area contributed by atoms with Gasteiger partial charge in [0.2, 0.25) is 0 Å². The van der Waals surface area contributed by atoms with Gasteiger partial charge in [0.05, 0.1) is 12.7 Å². The normalized spacial score (nSPS) is 9.82. The van der Waals surface area contributed by atoms with Crippen molar-refractivity contribution >= 4 is 30.2 Å². The predicted molar refractivity (Wildman–Crippen MR) is 87.8 cm³/mol. The van der Waals surface area contributed by atoms with Gasteiger partial charge in [-0.05, 0) is 37.4 Å². The number of carbonyl (C=O) groups is 2. The average Bonchev–Trinajstić information content (AvgIpc) is 2.52. The molecule has 124 valence electrons. The molecule has 1 aromatic carbocycles. The first kappa shape index (κ1) is 20.2. The number of hydrogen-bond acceptors (Lipinski definition) is 5. The molecule has 1 amide bonds. The predicted octanol–water partition coefficient (Wildman–Crippen LogP) is 2.79. The topological polar surface area (TPSA) is 67.9 Å². The summed E-state index contributed by atoms with van der Waals surface area (Å²) in [5.74, 6) is -0.369. The molecule has 22 heavy (non-hydrogen) atoms. The van der Waals surface area contributed by atoms with E-state index in [9.17, 15) is 9.59 Å². The molecule has 6 nitrogen and oxygen atoms in total. The summed E-state index contributed by atoms with van der Waals surface area (Å²) < 4.78 is 9.69. The van der Waals surface area contributed by atoms with Crippen molar-refractivity contribution in [2.24, 2.45) is 0 Å². The highest BCUT2D eigenvalue weighted by atomic mass is 35.5. The van der Waals surface area contributed by atoms with Crippen LogP contribution < -0.4 is 5.32 Å². The van der Waals surface area contributed by atoms with Crippen LogP contribution in [0, 0.1) is 0 Å². The Kier molecular flexibility index (Phi) is 9.98. The fourth-order valence-electron chi connectivity index (χ4n) is 1.75. The number of nitrogens with one attached hydrogen (secondary N) is 1. The molecule has 0 aromatic heterocycles. The van der Waals surface area contributed by atoms with E-state index in [1.165, 1.54) is 7.11 Å². The quantitative estimate of drug-likeness (QED) is 0.779. The van der Waals surface area contributed by atoms with Gasteiger partial charge < -0.3 is 14.4 Å². The monoisotopic (exact) mass is 330 g/mol. The van der Waals surface area contributed by atoms with Gasteiger partial charge in [-0.15, -0.1) is 12.4 Å². The number of amides is 1. The molecule has 1 aromatic rings. The summed E-state index contributed by atoms with van der Waals surface area (Å²) in [5.41, 5.74) is 1.01. The van der Waals surface area contributed by atoms with Crippen molar-refractivity contribution < 1.29 is 19.1 Å². The van der Waals surface area contributed by atoms with Crippen molar-refractivity contribution in [3.05, 3.63) is 29.8 Å². The Labute approximate surface area is 137 Å². The summed E-state index contributed by atoms with van der Waals surface area (Å²) in [6.45, 7) is 7.09. The fourth-order valence-corrected chi connectivity index (χ4v) is 1.75. The molecule has 0 unspecified atom stereocenters. The van der Waals surface area contributed by atoms with Crippen LogP contribution in [-0.2, 0) is 9.47 Å². The molecule has 0 aliphatic heterocycles. The standard InChI is InChI=1S/C15H22N2O4.ClH/c1-4-17(5-2)10-11-21-14(18)12-6-8-13(9-7-12)16-15(19)20-3;/h6-9H,4-5,10-11H2,1-3H3,(H,16,19);1H. The highest BCUT2D eigenvalue weighted by molar-refractivity contribution is 5.91. The van der Waals surface area contributed by atoms with Crippen LogP contribution in [0.5, 0.6) is 0 Å². The van der Waals surface area contributed by atoms with E-state index in [2.05, 4.69) is 28.8 Å². The first-order valence-corrected chi connectivity index (χ1v) is 6.95. The number of carbonyl (C=O) groups excluding carboxylic acids is 2. The van der Waals surface area contributed by atoms with Gasteiger partial charge in [0.25, 0.3) is 0 Å². The molecule has 1 N–H and O–H groups in total. The second kappa shape index (κ2) is 10.9. The molecule has 0 spiro atoms. The van der Waals surface area contributed by atoms with Crippen LogP contribution in [0.2, 0.25) is 0 Å². The Morgan fingerprint density at radius 1 is 1.14 bits per heavy atom. The Morgan fingerprint density at radius 2 is 1.73 bits per heavy atom. The number of likely N-dealkylation sites (N-methyl/N-ethyl adjacent to an activating group) is 1. The van der Waals surface area contributed by atoms with E-state index in [1.807, 2.05) is 0 Å². The maximum atomic E-state index is 11.8. The number of rotatable bonds is 7. The van der Waals surface area contributed by atoms with E-state index in [1.54, 1.807) is 24.3 Å². The third-order valence-corrected chi connectivity index (χ3v) is 3.09. The van der Waals surface area contributed by atoms with E-state index in [-0.39, 0.29) is 18.4 Å².